The molecule has 2 radical (unpaired) electrons. The first-order chi connectivity index (χ1) is 4.52. The fraction of sp³-hybridized carbons (Fsp3) is 0.667. The van der Waals surface area contributed by atoms with Gasteiger partial charge in [0, 0.05) is 6.42 Å². The van der Waals surface area contributed by atoms with Crippen molar-refractivity contribution in [2.24, 2.45) is 0 Å². The van der Waals surface area contributed by atoms with Gasteiger partial charge in [-0.25, -0.2) is 0 Å². The number of hydrogen-bond acceptors (Lipinski definition) is 3. The van der Waals surface area contributed by atoms with Crippen molar-refractivity contribution in [1.82, 2.24) is 5.32 Å². The minimum absolute atomic E-state index is 0.198. The summed E-state index contributed by atoms with van der Waals surface area (Å²) in [5.41, 5.74) is -1.56. The van der Waals surface area contributed by atoms with Gasteiger partial charge in [-0.05, 0) is 13.8 Å². The van der Waals surface area contributed by atoms with Gasteiger partial charge < -0.3 is 15.5 Å². The van der Waals surface area contributed by atoms with E-state index in [4.69, 9.17) is 17.1 Å². The number of carbonyl (C=O) groups is 1. The van der Waals surface area contributed by atoms with E-state index in [9.17, 15) is 4.79 Å². The number of rotatable bonds is 3. The van der Waals surface area contributed by atoms with Gasteiger partial charge in [0.25, 0.3) is 0 Å². The standard InChI is InChI=1S/C6H11NO3/c1-3-5(9)7-6(2,10)4-8/h1,8,10H,3-4H2,2H3,(H,7,9). The Morgan fingerprint density at radius 3 is 2.60 bits per heavy atom. The summed E-state index contributed by atoms with van der Waals surface area (Å²) in [5.74, 6) is -0.501. The summed E-state index contributed by atoms with van der Waals surface area (Å²) < 4.78 is 0. The molecule has 0 aromatic rings. The molecule has 1 amide bonds. The molecule has 10 heavy (non-hydrogen) atoms. The average molecular weight is 145 g/mol. The highest BCUT2D eigenvalue weighted by Crippen LogP contribution is 1.95. The number of nitrogens with one attached hydrogen (secondary N) is 1. The Morgan fingerprint density at radius 2 is 2.30 bits per heavy atom. The normalized spacial score (nSPS) is 16.0. The third-order valence-electron chi connectivity index (χ3n) is 0.902. The predicted molar refractivity (Wildman–Crippen MR) is 34.8 cm³/mol. The second kappa shape index (κ2) is 3.53. The first-order valence-corrected chi connectivity index (χ1v) is 2.86. The molecule has 58 valence electrons. The van der Waals surface area contributed by atoms with Crippen LogP contribution >= 0.6 is 0 Å². The maximum atomic E-state index is 10.5. The van der Waals surface area contributed by atoms with Crippen LogP contribution in [0.5, 0.6) is 0 Å². The van der Waals surface area contributed by atoms with E-state index < -0.39 is 18.2 Å². The van der Waals surface area contributed by atoms with Crippen molar-refractivity contribution in [3.63, 3.8) is 0 Å². The van der Waals surface area contributed by atoms with Crippen molar-refractivity contribution < 1.29 is 15.0 Å². The molecule has 0 bridgehead atoms. The van der Waals surface area contributed by atoms with Gasteiger partial charge in [-0.3, -0.25) is 4.79 Å². The number of amides is 1. The number of carbonyl (C=O) groups excluding carboxylic acids is 1. The van der Waals surface area contributed by atoms with Crippen LogP contribution in [0.4, 0.5) is 0 Å². The molecule has 0 aromatic carbocycles. The maximum Gasteiger partial charge on any atom is 0.222 e. The van der Waals surface area contributed by atoms with Crippen molar-refractivity contribution in [3.8, 4) is 0 Å². The summed E-state index contributed by atoms with van der Waals surface area (Å²) in [6.07, 6.45) is -0.198. The predicted octanol–water partition coefficient (Wildman–Crippen LogP) is -1.10. The lowest BCUT2D eigenvalue weighted by Gasteiger charge is -2.21. The van der Waals surface area contributed by atoms with E-state index in [0.29, 0.717) is 0 Å². The van der Waals surface area contributed by atoms with Gasteiger partial charge >= 0.3 is 0 Å². The largest absolute Gasteiger partial charge is 0.391 e. The fourth-order valence-corrected chi connectivity index (χ4v) is 0.391. The molecule has 0 saturated heterocycles. The van der Waals surface area contributed by atoms with Crippen LogP contribution < -0.4 is 5.32 Å². The smallest absolute Gasteiger partial charge is 0.222 e. The zero-order chi connectivity index (χ0) is 8.20. The van der Waals surface area contributed by atoms with Crippen LogP contribution in [-0.2, 0) is 4.79 Å². The Bertz CT molecular complexity index is 122. The van der Waals surface area contributed by atoms with Crippen molar-refractivity contribution in [3.05, 3.63) is 6.92 Å². The summed E-state index contributed by atoms with van der Waals surface area (Å²) >= 11 is 0. The van der Waals surface area contributed by atoms with Gasteiger partial charge in [0.1, 0.15) is 0 Å². The molecule has 0 aliphatic rings. The lowest BCUT2D eigenvalue weighted by molar-refractivity contribution is -0.129. The molecule has 0 aliphatic carbocycles. The highest BCUT2D eigenvalue weighted by molar-refractivity contribution is 5.76. The van der Waals surface area contributed by atoms with Gasteiger partial charge in [-0.15, -0.1) is 0 Å². The highest BCUT2D eigenvalue weighted by atomic mass is 16.3. The Hall–Kier alpha value is -0.610. The van der Waals surface area contributed by atoms with Crippen LogP contribution in [0.15, 0.2) is 0 Å². The molecular formula is C6H11NO3. The van der Waals surface area contributed by atoms with Gasteiger partial charge in [-0.1, -0.05) is 0 Å². The third-order valence-corrected chi connectivity index (χ3v) is 0.902. The van der Waals surface area contributed by atoms with E-state index in [1.165, 1.54) is 6.92 Å². The van der Waals surface area contributed by atoms with E-state index in [2.05, 4.69) is 5.32 Å². The highest BCUT2D eigenvalue weighted by Gasteiger charge is 2.19. The lowest BCUT2D eigenvalue weighted by atomic mass is 10.3. The summed E-state index contributed by atoms with van der Waals surface area (Å²) in [6.45, 7) is 5.68. The molecule has 4 nitrogen and oxygen atoms in total. The SMILES string of the molecule is [CH]CC(=O)NC(C)(O)CO. The van der Waals surface area contributed by atoms with Crippen LogP contribution in [0.1, 0.15) is 13.3 Å². The fourth-order valence-electron chi connectivity index (χ4n) is 0.391. The molecule has 0 rings (SSSR count). The Morgan fingerprint density at radius 1 is 1.80 bits per heavy atom. The monoisotopic (exact) mass is 145 g/mol. The number of aliphatic hydroxyl groups is 2. The third kappa shape index (κ3) is 3.42. The molecule has 0 fully saturated rings. The molecular weight excluding hydrogens is 134 g/mol. The molecule has 0 aromatic heterocycles. The van der Waals surface area contributed by atoms with Crippen molar-refractivity contribution in [2.75, 3.05) is 6.61 Å². The van der Waals surface area contributed by atoms with E-state index in [0.717, 1.165) is 0 Å². The molecule has 4 heteroatoms. The van der Waals surface area contributed by atoms with Crippen molar-refractivity contribution in [2.45, 2.75) is 19.1 Å². The quantitative estimate of drug-likeness (QED) is 0.442. The first kappa shape index (κ1) is 9.39. The maximum absolute atomic E-state index is 10.5. The zero-order valence-corrected chi connectivity index (χ0v) is 5.79. The molecule has 3 N–H and O–H groups in total. The van der Waals surface area contributed by atoms with Crippen LogP contribution in [0.2, 0.25) is 0 Å². The average Bonchev–Trinajstić information content (AvgIpc) is 1.87. The second-order valence-electron chi connectivity index (χ2n) is 2.18. The van der Waals surface area contributed by atoms with Gasteiger partial charge in [0.05, 0.1) is 6.61 Å². The van der Waals surface area contributed by atoms with Crippen molar-refractivity contribution in [1.29, 1.82) is 0 Å². The van der Waals surface area contributed by atoms with Crippen LogP contribution in [-0.4, -0.2) is 28.5 Å². The van der Waals surface area contributed by atoms with Gasteiger partial charge in [0.2, 0.25) is 5.91 Å². The van der Waals surface area contributed by atoms with Gasteiger partial charge in [0.15, 0.2) is 5.72 Å². The van der Waals surface area contributed by atoms with E-state index >= 15 is 0 Å². The minimum Gasteiger partial charge on any atom is -0.391 e. The zero-order valence-electron chi connectivity index (χ0n) is 5.79. The number of hydrogen-bond donors (Lipinski definition) is 3. The van der Waals surface area contributed by atoms with E-state index in [-0.39, 0.29) is 6.42 Å². The summed E-state index contributed by atoms with van der Waals surface area (Å²) in [6, 6.07) is 0. The lowest BCUT2D eigenvalue weighted by Crippen LogP contribution is -2.48. The molecule has 0 heterocycles. The number of aliphatic hydroxyl groups excluding tert-OH is 1. The topological polar surface area (TPSA) is 69.6 Å². The van der Waals surface area contributed by atoms with Gasteiger partial charge in [-0.2, -0.15) is 0 Å². The summed E-state index contributed by atoms with van der Waals surface area (Å²) in [7, 11) is 0. The minimum atomic E-state index is -1.56. The van der Waals surface area contributed by atoms with Crippen LogP contribution in [0.25, 0.3) is 0 Å². The Labute approximate surface area is 59.9 Å². The second-order valence-corrected chi connectivity index (χ2v) is 2.18. The van der Waals surface area contributed by atoms with Crippen LogP contribution in [0.3, 0.4) is 0 Å². The molecule has 0 saturated carbocycles. The molecule has 1 atom stereocenters. The molecule has 0 spiro atoms. The summed E-state index contributed by atoms with van der Waals surface area (Å²) in [4.78, 5) is 10.5. The molecule has 1 unspecified atom stereocenters. The van der Waals surface area contributed by atoms with E-state index in [1.54, 1.807) is 0 Å². The Balaban J connectivity index is 3.76. The summed E-state index contributed by atoms with van der Waals surface area (Å²) in [5, 5.41) is 19.5. The van der Waals surface area contributed by atoms with Crippen molar-refractivity contribution >= 4 is 5.91 Å². The Kier molecular flexibility index (Phi) is 3.32. The van der Waals surface area contributed by atoms with Crippen LogP contribution in [0, 0.1) is 6.92 Å². The molecule has 0 aliphatic heterocycles. The van der Waals surface area contributed by atoms with E-state index in [1.807, 2.05) is 0 Å². The first-order valence-electron chi connectivity index (χ1n) is 2.86.